The number of rotatable bonds is 6. The minimum atomic E-state index is -0.815. The standard InChI is InChI=1S/C18H19N3O4/c1-3-6-15(22)20-17-11-7-4-5-8-12(11)19-18-14(25-2)10-9-13(16(17)18)21(23)24/h4-5,7-10,15,22H,3,6H2,1-2H3,(H,19,20). The van der Waals surface area contributed by atoms with E-state index in [1.165, 1.54) is 19.2 Å². The van der Waals surface area contributed by atoms with Gasteiger partial charge in [-0.25, -0.2) is 4.98 Å². The predicted molar refractivity (Wildman–Crippen MR) is 97.0 cm³/mol. The number of ether oxygens (including phenoxy) is 1. The highest BCUT2D eigenvalue weighted by Gasteiger charge is 2.23. The zero-order valence-electron chi connectivity index (χ0n) is 14.0. The van der Waals surface area contributed by atoms with E-state index in [0.29, 0.717) is 39.7 Å². The SMILES string of the molecule is CCCC(O)Nc1c2ccccc2nc2c(OC)ccc([N+](=O)[O-])c12. The molecule has 0 aliphatic heterocycles. The van der Waals surface area contributed by atoms with Crippen LogP contribution in [0.15, 0.2) is 36.4 Å². The number of nitrogens with one attached hydrogen (secondary N) is 1. The molecule has 7 heteroatoms. The van der Waals surface area contributed by atoms with E-state index in [0.717, 1.165) is 6.42 Å². The molecule has 0 radical (unpaired) electrons. The Kier molecular flexibility index (Phi) is 4.67. The van der Waals surface area contributed by atoms with Gasteiger partial charge >= 0.3 is 0 Å². The number of non-ortho nitro benzene ring substituents is 1. The van der Waals surface area contributed by atoms with Crippen LogP contribution in [0.5, 0.6) is 5.75 Å². The number of fused-ring (bicyclic) bond motifs is 2. The molecule has 0 bridgehead atoms. The summed E-state index contributed by atoms with van der Waals surface area (Å²) in [6.45, 7) is 1.96. The molecule has 1 aromatic heterocycles. The minimum absolute atomic E-state index is 0.0831. The normalized spacial score (nSPS) is 12.3. The molecule has 0 saturated heterocycles. The van der Waals surface area contributed by atoms with Crippen molar-refractivity contribution in [2.75, 3.05) is 12.4 Å². The topological polar surface area (TPSA) is 97.5 Å². The monoisotopic (exact) mass is 341 g/mol. The molecule has 0 aliphatic rings. The number of nitro groups is 1. The maximum Gasteiger partial charge on any atom is 0.281 e. The third kappa shape index (κ3) is 3.06. The van der Waals surface area contributed by atoms with Crippen LogP contribution in [0.3, 0.4) is 0 Å². The van der Waals surface area contributed by atoms with Crippen LogP contribution in [0, 0.1) is 10.1 Å². The van der Waals surface area contributed by atoms with Gasteiger partial charge in [0.05, 0.1) is 23.2 Å². The number of methoxy groups -OCH3 is 1. The average molecular weight is 341 g/mol. The fraction of sp³-hybridized carbons (Fsp3) is 0.278. The summed E-state index contributed by atoms with van der Waals surface area (Å²) in [5.74, 6) is 0.444. The molecule has 1 atom stereocenters. The molecule has 1 heterocycles. The van der Waals surface area contributed by atoms with Crippen LogP contribution < -0.4 is 10.1 Å². The van der Waals surface area contributed by atoms with Crippen LogP contribution in [0.25, 0.3) is 21.8 Å². The molecule has 3 rings (SSSR count). The summed E-state index contributed by atoms with van der Waals surface area (Å²) in [6, 6.07) is 10.3. The van der Waals surface area contributed by atoms with Gasteiger partial charge in [0.15, 0.2) is 0 Å². The maximum atomic E-state index is 11.6. The highest BCUT2D eigenvalue weighted by atomic mass is 16.6. The van der Waals surface area contributed by atoms with Gasteiger partial charge in [-0.05, 0) is 18.6 Å². The van der Waals surface area contributed by atoms with Crippen molar-refractivity contribution < 1.29 is 14.8 Å². The van der Waals surface area contributed by atoms with Gasteiger partial charge in [0, 0.05) is 11.5 Å². The molecule has 3 aromatic rings. The number of anilines is 1. The fourth-order valence-corrected chi connectivity index (χ4v) is 2.94. The number of benzene rings is 2. The van der Waals surface area contributed by atoms with Gasteiger partial charge in [-0.2, -0.15) is 0 Å². The molecule has 0 aliphatic carbocycles. The first-order valence-corrected chi connectivity index (χ1v) is 8.05. The molecule has 1 unspecified atom stereocenters. The molecule has 130 valence electrons. The molecule has 25 heavy (non-hydrogen) atoms. The average Bonchev–Trinajstić information content (AvgIpc) is 2.60. The molecule has 0 fully saturated rings. The summed E-state index contributed by atoms with van der Waals surface area (Å²) in [6.07, 6.45) is 0.487. The number of aliphatic hydroxyl groups excluding tert-OH is 1. The van der Waals surface area contributed by atoms with E-state index in [-0.39, 0.29) is 5.69 Å². The Balaban J connectivity index is 2.41. The zero-order chi connectivity index (χ0) is 18.0. The van der Waals surface area contributed by atoms with Crippen LogP contribution >= 0.6 is 0 Å². The highest BCUT2D eigenvalue weighted by molar-refractivity contribution is 6.12. The number of pyridine rings is 1. The first kappa shape index (κ1) is 16.9. The van der Waals surface area contributed by atoms with Crippen molar-refractivity contribution in [2.24, 2.45) is 0 Å². The number of hydrogen-bond acceptors (Lipinski definition) is 6. The van der Waals surface area contributed by atoms with E-state index < -0.39 is 11.2 Å². The Morgan fingerprint density at radius 3 is 2.76 bits per heavy atom. The lowest BCUT2D eigenvalue weighted by molar-refractivity contribution is -0.383. The van der Waals surface area contributed by atoms with Crippen molar-refractivity contribution >= 4 is 33.2 Å². The lowest BCUT2D eigenvalue weighted by Crippen LogP contribution is -2.18. The lowest BCUT2D eigenvalue weighted by Gasteiger charge is -2.18. The Labute approximate surface area is 144 Å². The van der Waals surface area contributed by atoms with Gasteiger partial charge in [0.1, 0.15) is 22.9 Å². The third-order valence-corrected chi connectivity index (χ3v) is 4.06. The van der Waals surface area contributed by atoms with Crippen molar-refractivity contribution in [1.82, 2.24) is 4.98 Å². The lowest BCUT2D eigenvalue weighted by atomic mass is 10.0. The summed E-state index contributed by atoms with van der Waals surface area (Å²) < 4.78 is 5.34. The molecule has 0 spiro atoms. The maximum absolute atomic E-state index is 11.6. The number of para-hydroxylation sites is 1. The van der Waals surface area contributed by atoms with Crippen LogP contribution in [-0.4, -0.2) is 28.4 Å². The van der Waals surface area contributed by atoms with E-state index in [1.807, 2.05) is 31.2 Å². The molecule has 0 saturated carbocycles. The zero-order valence-corrected chi connectivity index (χ0v) is 14.0. The second-order valence-corrected chi connectivity index (χ2v) is 5.72. The summed E-state index contributed by atoms with van der Waals surface area (Å²) in [5, 5.41) is 25.9. The van der Waals surface area contributed by atoms with Crippen molar-refractivity contribution in [3.63, 3.8) is 0 Å². The highest BCUT2D eigenvalue weighted by Crippen LogP contribution is 2.40. The molecule has 0 amide bonds. The van der Waals surface area contributed by atoms with E-state index in [9.17, 15) is 15.2 Å². The van der Waals surface area contributed by atoms with Crippen LogP contribution in [0.4, 0.5) is 11.4 Å². The Bertz CT molecular complexity index is 942. The van der Waals surface area contributed by atoms with Crippen LogP contribution in [-0.2, 0) is 0 Å². The minimum Gasteiger partial charge on any atom is -0.494 e. The molecule has 7 nitrogen and oxygen atoms in total. The fourth-order valence-electron chi connectivity index (χ4n) is 2.94. The van der Waals surface area contributed by atoms with E-state index in [4.69, 9.17) is 4.74 Å². The summed E-state index contributed by atoms with van der Waals surface area (Å²) in [4.78, 5) is 15.7. The third-order valence-electron chi connectivity index (χ3n) is 4.06. The predicted octanol–water partition coefficient (Wildman–Crippen LogP) is 3.84. The van der Waals surface area contributed by atoms with E-state index in [2.05, 4.69) is 10.3 Å². The van der Waals surface area contributed by atoms with Crippen molar-refractivity contribution in [3.8, 4) is 5.75 Å². The second-order valence-electron chi connectivity index (χ2n) is 5.72. The summed E-state index contributed by atoms with van der Waals surface area (Å²) >= 11 is 0. The summed E-state index contributed by atoms with van der Waals surface area (Å²) in [7, 11) is 1.50. The number of aromatic nitrogens is 1. The molecule has 2 N–H and O–H groups in total. The van der Waals surface area contributed by atoms with Gasteiger partial charge in [-0.3, -0.25) is 10.1 Å². The first-order valence-electron chi connectivity index (χ1n) is 8.05. The second kappa shape index (κ2) is 6.90. The number of hydrogen-bond donors (Lipinski definition) is 2. The van der Waals surface area contributed by atoms with E-state index >= 15 is 0 Å². The van der Waals surface area contributed by atoms with Gasteiger partial charge in [0.2, 0.25) is 0 Å². The molecular weight excluding hydrogens is 322 g/mol. The Morgan fingerprint density at radius 1 is 1.32 bits per heavy atom. The van der Waals surface area contributed by atoms with Gasteiger partial charge in [-0.1, -0.05) is 31.5 Å². The van der Waals surface area contributed by atoms with Crippen molar-refractivity contribution in [2.45, 2.75) is 26.0 Å². The quantitative estimate of drug-likeness (QED) is 0.306. The summed E-state index contributed by atoms with van der Waals surface area (Å²) in [5.41, 5.74) is 1.47. The first-order chi connectivity index (χ1) is 12.1. The Morgan fingerprint density at radius 2 is 2.08 bits per heavy atom. The van der Waals surface area contributed by atoms with Crippen LogP contribution in [0.1, 0.15) is 19.8 Å². The number of aliphatic hydroxyl groups is 1. The molecule has 2 aromatic carbocycles. The largest absolute Gasteiger partial charge is 0.494 e. The van der Waals surface area contributed by atoms with Crippen molar-refractivity contribution in [3.05, 3.63) is 46.5 Å². The molecular formula is C18H19N3O4. The van der Waals surface area contributed by atoms with Gasteiger partial charge < -0.3 is 15.2 Å². The van der Waals surface area contributed by atoms with Gasteiger partial charge in [0.25, 0.3) is 5.69 Å². The van der Waals surface area contributed by atoms with Gasteiger partial charge in [-0.15, -0.1) is 0 Å². The smallest absolute Gasteiger partial charge is 0.281 e. The number of nitrogens with zero attached hydrogens (tertiary/aromatic N) is 2. The van der Waals surface area contributed by atoms with Crippen LogP contribution in [0.2, 0.25) is 0 Å². The van der Waals surface area contributed by atoms with E-state index in [1.54, 1.807) is 0 Å². The number of nitro benzene ring substituents is 1. The van der Waals surface area contributed by atoms with Crippen molar-refractivity contribution in [1.29, 1.82) is 0 Å². The Hall–Kier alpha value is -2.93.